The normalized spacial score (nSPS) is 15.7. The van der Waals surface area contributed by atoms with E-state index in [0.717, 1.165) is 17.5 Å². The van der Waals surface area contributed by atoms with Crippen LogP contribution in [0.5, 0.6) is 0 Å². The summed E-state index contributed by atoms with van der Waals surface area (Å²) in [5.74, 6) is 0.00189. The van der Waals surface area contributed by atoms with E-state index in [0.29, 0.717) is 28.7 Å². The third-order valence-electron chi connectivity index (χ3n) is 5.21. The van der Waals surface area contributed by atoms with Gasteiger partial charge in [0.15, 0.2) is 0 Å². The second kappa shape index (κ2) is 8.84. The Labute approximate surface area is 175 Å². The molecule has 0 fully saturated rings. The molecule has 2 N–H and O–H groups in total. The average Bonchev–Trinajstić information content (AvgIpc) is 2.69. The van der Waals surface area contributed by atoms with Crippen LogP contribution >= 0.6 is 23.2 Å². The van der Waals surface area contributed by atoms with E-state index in [-0.39, 0.29) is 24.4 Å². The summed E-state index contributed by atoms with van der Waals surface area (Å²) in [7, 11) is 1.59. The Morgan fingerprint density at radius 2 is 1.82 bits per heavy atom. The Morgan fingerprint density at radius 3 is 2.50 bits per heavy atom. The highest BCUT2D eigenvalue weighted by molar-refractivity contribution is 6.36. The number of urea groups is 1. The standard InChI is InChI=1S/C21H23Cl2N3O2/c1-13-15-6-3-5-14(12-25-21(28)24-2)16(15)9-10-26(13)20(27)11-17-18(22)7-4-8-19(17)23/h3-8,13H,9-12H2,1-2H3,(H2,24,25,28). The van der Waals surface area contributed by atoms with E-state index in [4.69, 9.17) is 23.2 Å². The molecule has 2 aromatic rings. The van der Waals surface area contributed by atoms with Crippen molar-refractivity contribution in [3.05, 3.63) is 68.7 Å². The fraction of sp³-hybridized carbons (Fsp3) is 0.333. The molecule has 28 heavy (non-hydrogen) atoms. The minimum atomic E-state index is -0.213. The summed E-state index contributed by atoms with van der Waals surface area (Å²) in [5.41, 5.74) is 4.05. The van der Waals surface area contributed by atoms with Gasteiger partial charge in [-0.1, -0.05) is 47.5 Å². The van der Waals surface area contributed by atoms with Crippen LogP contribution in [-0.2, 0) is 24.2 Å². The molecule has 1 heterocycles. The van der Waals surface area contributed by atoms with Crippen LogP contribution in [0.4, 0.5) is 4.79 Å². The fourth-order valence-corrected chi connectivity index (χ4v) is 4.20. The molecule has 1 aliphatic heterocycles. The molecule has 5 nitrogen and oxygen atoms in total. The zero-order valence-electron chi connectivity index (χ0n) is 15.9. The first-order chi connectivity index (χ1) is 13.4. The van der Waals surface area contributed by atoms with E-state index in [1.807, 2.05) is 30.0 Å². The van der Waals surface area contributed by atoms with Crippen molar-refractivity contribution in [3.8, 4) is 0 Å². The molecule has 2 aromatic carbocycles. The van der Waals surface area contributed by atoms with Gasteiger partial charge in [-0.25, -0.2) is 4.79 Å². The molecule has 0 radical (unpaired) electrons. The zero-order chi connectivity index (χ0) is 20.3. The van der Waals surface area contributed by atoms with Gasteiger partial charge < -0.3 is 15.5 Å². The highest BCUT2D eigenvalue weighted by Crippen LogP contribution is 2.33. The molecular weight excluding hydrogens is 397 g/mol. The molecule has 0 saturated carbocycles. The van der Waals surface area contributed by atoms with Crippen LogP contribution in [0.1, 0.15) is 35.2 Å². The molecule has 148 valence electrons. The van der Waals surface area contributed by atoms with Crippen LogP contribution in [0.25, 0.3) is 0 Å². The van der Waals surface area contributed by atoms with Crippen LogP contribution in [0.2, 0.25) is 10.0 Å². The first-order valence-corrected chi connectivity index (χ1v) is 9.96. The molecule has 0 spiro atoms. The zero-order valence-corrected chi connectivity index (χ0v) is 17.4. The maximum atomic E-state index is 13.0. The van der Waals surface area contributed by atoms with Gasteiger partial charge in [0.05, 0.1) is 12.5 Å². The number of amides is 3. The third kappa shape index (κ3) is 4.26. The third-order valence-corrected chi connectivity index (χ3v) is 5.91. The number of hydrogen-bond donors (Lipinski definition) is 2. The summed E-state index contributed by atoms with van der Waals surface area (Å²) < 4.78 is 0. The summed E-state index contributed by atoms with van der Waals surface area (Å²) in [6.07, 6.45) is 0.920. The molecule has 1 atom stereocenters. The molecule has 1 unspecified atom stereocenters. The number of halogens is 2. The average molecular weight is 420 g/mol. The monoisotopic (exact) mass is 419 g/mol. The van der Waals surface area contributed by atoms with Crippen LogP contribution in [0, 0.1) is 0 Å². The van der Waals surface area contributed by atoms with E-state index in [1.54, 1.807) is 25.2 Å². The fourth-order valence-electron chi connectivity index (χ4n) is 3.67. The van der Waals surface area contributed by atoms with Crippen molar-refractivity contribution in [1.29, 1.82) is 0 Å². The quantitative estimate of drug-likeness (QED) is 0.782. The summed E-state index contributed by atoms with van der Waals surface area (Å²) in [5, 5.41) is 6.40. The van der Waals surface area contributed by atoms with Crippen molar-refractivity contribution in [2.24, 2.45) is 0 Å². The van der Waals surface area contributed by atoms with Crippen molar-refractivity contribution >= 4 is 35.1 Å². The maximum Gasteiger partial charge on any atom is 0.314 e. The second-order valence-corrected chi connectivity index (χ2v) is 7.62. The highest BCUT2D eigenvalue weighted by Gasteiger charge is 2.29. The highest BCUT2D eigenvalue weighted by atomic mass is 35.5. The number of nitrogens with zero attached hydrogens (tertiary/aromatic N) is 1. The Kier molecular flexibility index (Phi) is 6.47. The van der Waals surface area contributed by atoms with Crippen LogP contribution in [0.15, 0.2) is 36.4 Å². The van der Waals surface area contributed by atoms with E-state index in [1.165, 1.54) is 5.56 Å². The van der Waals surface area contributed by atoms with Gasteiger partial charge in [0.2, 0.25) is 5.91 Å². The minimum absolute atomic E-state index is 0.00189. The predicted molar refractivity (Wildman–Crippen MR) is 112 cm³/mol. The van der Waals surface area contributed by atoms with Gasteiger partial charge in [-0.15, -0.1) is 0 Å². The predicted octanol–water partition coefficient (Wildman–Crippen LogP) is 4.11. The number of fused-ring (bicyclic) bond motifs is 1. The molecule has 0 bridgehead atoms. The first kappa shape index (κ1) is 20.5. The van der Waals surface area contributed by atoms with Crippen molar-refractivity contribution in [2.75, 3.05) is 13.6 Å². The van der Waals surface area contributed by atoms with E-state index in [2.05, 4.69) is 10.6 Å². The first-order valence-electron chi connectivity index (χ1n) is 9.21. The minimum Gasteiger partial charge on any atom is -0.341 e. The summed E-state index contributed by atoms with van der Waals surface area (Å²) in [6, 6.07) is 11.0. The summed E-state index contributed by atoms with van der Waals surface area (Å²) >= 11 is 12.5. The number of benzene rings is 2. The largest absolute Gasteiger partial charge is 0.341 e. The van der Waals surface area contributed by atoms with Crippen LogP contribution in [-0.4, -0.2) is 30.4 Å². The Bertz CT molecular complexity index is 881. The molecular formula is C21H23Cl2N3O2. The number of carbonyl (C=O) groups is 2. The van der Waals surface area contributed by atoms with Gasteiger partial charge in [0.25, 0.3) is 0 Å². The lowest BCUT2D eigenvalue weighted by molar-refractivity contribution is -0.133. The van der Waals surface area contributed by atoms with E-state index >= 15 is 0 Å². The van der Waals surface area contributed by atoms with Crippen molar-refractivity contribution in [3.63, 3.8) is 0 Å². The smallest absolute Gasteiger partial charge is 0.314 e. The summed E-state index contributed by atoms with van der Waals surface area (Å²) in [4.78, 5) is 26.3. The van der Waals surface area contributed by atoms with Gasteiger partial charge in [0, 0.05) is 30.2 Å². The molecule has 0 aliphatic carbocycles. The molecule has 3 rings (SSSR count). The SMILES string of the molecule is CNC(=O)NCc1cccc2c1CCN(C(=O)Cc1c(Cl)cccc1Cl)C2C. The Balaban J connectivity index is 1.78. The van der Waals surface area contributed by atoms with Gasteiger partial charge in [-0.05, 0) is 47.7 Å². The van der Waals surface area contributed by atoms with Gasteiger partial charge in [-0.3, -0.25) is 4.79 Å². The van der Waals surface area contributed by atoms with Crippen LogP contribution in [0.3, 0.4) is 0 Å². The number of carbonyl (C=O) groups excluding carboxylic acids is 2. The van der Waals surface area contributed by atoms with Crippen molar-refractivity contribution in [1.82, 2.24) is 15.5 Å². The topological polar surface area (TPSA) is 61.4 Å². The van der Waals surface area contributed by atoms with Gasteiger partial charge >= 0.3 is 6.03 Å². The molecule has 0 saturated heterocycles. The molecule has 0 aromatic heterocycles. The molecule has 1 aliphatic rings. The van der Waals surface area contributed by atoms with Gasteiger partial charge in [0.1, 0.15) is 0 Å². The van der Waals surface area contributed by atoms with Crippen LogP contribution < -0.4 is 10.6 Å². The number of hydrogen-bond acceptors (Lipinski definition) is 2. The number of nitrogens with one attached hydrogen (secondary N) is 2. The Hall–Kier alpha value is -2.24. The Morgan fingerprint density at radius 1 is 1.14 bits per heavy atom. The van der Waals surface area contributed by atoms with E-state index in [9.17, 15) is 9.59 Å². The van der Waals surface area contributed by atoms with Crippen molar-refractivity contribution in [2.45, 2.75) is 32.4 Å². The summed E-state index contributed by atoms with van der Waals surface area (Å²) in [6.45, 7) is 3.10. The lowest BCUT2D eigenvalue weighted by Gasteiger charge is -2.36. The lowest BCUT2D eigenvalue weighted by Crippen LogP contribution is -2.40. The molecule has 7 heteroatoms. The van der Waals surface area contributed by atoms with E-state index < -0.39 is 0 Å². The maximum absolute atomic E-state index is 13.0. The van der Waals surface area contributed by atoms with Crippen molar-refractivity contribution < 1.29 is 9.59 Å². The second-order valence-electron chi connectivity index (χ2n) is 6.81. The molecule has 3 amide bonds. The lowest BCUT2D eigenvalue weighted by atomic mass is 9.89. The number of rotatable bonds is 4. The van der Waals surface area contributed by atoms with Gasteiger partial charge in [-0.2, -0.15) is 0 Å².